The molecule has 0 bridgehead atoms. The molecule has 7 atom stereocenters. The van der Waals surface area contributed by atoms with Crippen LogP contribution in [0.15, 0.2) is 23.8 Å². The SMILES string of the molecule is CCCCCCCCCCCCCCCCCCCCCCCCC=C(CC(O)CC=CC(O)COC1OC(CO)C(O)C(O)C1O)C(=O)O. The van der Waals surface area contributed by atoms with E-state index >= 15 is 0 Å². The van der Waals surface area contributed by atoms with E-state index in [1.807, 2.05) is 0 Å². The highest BCUT2D eigenvalue weighted by Crippen LogP contribution is 2.22. The molecule has 7 unspecified atom stereocenters. The highest BCUT2D eigenvalue weighted by Gasteiger charge is 2.44. The summed E-state index contributed by atoms with van der Waals surface area (Å²) in [6.45, 7) is 1.38. The fraction of sp³-hybridized carbons (Fsp3) is 0.875. The van der Waals surface area contributed by atoms with E-state index in [4.69, 9.17) is 9.47 Å². The van der Waals surface area contributed by atoms with Crippen molar-refractivity contribution in [1.29, 1.82) is 0 Å². The molecule has 0 aromatic heterocycles. The summed E-state index contributed by atoms with van der Waals surface area (Å²) >= 11 is 0. The van der Waals surface area contributed by atoms with Crippen molar-refractivity contribution in [2.24, 2.45) is 0 Å². The Bertz CT molecular complexity index is 863. The zero-order valence-corrected chi connectivity index (χ0v) is 31.2. The van der Waals surface area contributed by atoms with Crippen molar-refractivity contribution in [2.45, 2.75) is 210 Å². The first-order valence-electron chi connectivity index (χ1n) is 20.1. The Labute approximate surface area is 303 Å². The standard InChI is InChI=1S/C40H74O10/c1-2-3-4-5-6-7-8-9-10-11-12-13-14-15-16-17-18-19-20-21-22-23-24-26-32(39(47)48)29-33(42)27-25-28-34(43)31-49-40-38(46)37(45)36(44)35(30-41)50-40/h25-26,28,33-38,40-46H,2-24,27,29-31H2,1H3,(H,47,48). The zero-order valence-electron chi connectivity index (χ0n) is 31.2. The number of hydrogen-bond donors (Lipinski definition) is 7. The molecule has 0 radical (unpaired) electrons. The smallest absolute Gasteiger partial charge is 0.331 e. The van der Waals surface area contributed by atoms with Gasteiger partial charge in [0.15, 0.2) is 6.29 Å². The van der Waals surface area contributed by atoms with Crippen LogP contribution >= 0.6 is 0 Å². The van der Waals surface area contributed by atoms with Gasteiger partial charge in [-0.3, -0.25) is 0 Å². The van der Waals surface area contributed by atoms with Gasteiger partial charge in [-0.25, -0.2) is 4.79 Å². The van der Waals surface area contributed by atoms with E-state index in [0.29, 0.717) is 6.42 Å². The number of carboxylic acids is 1. The minimum absolute atomic E-state index is 0.00353. The van der Waals surface area contributed by atoms with Crippen LogP contribution in [0.4, 0.5) is 0 Å². The number of rotatable bonds is 33. The quantitative estimate of drug-likeness (QED) is 0.0216. The predicted molar refractivity (Wildman–Crippen MR) is 198 cm³/mol. The predicted octanol–water partition coefficient (Wildman–Crippen LogP) is 6.86. The van der Waals surface area contributed by atoms with Crippen LogP contribution in [-0.4, -0.2) is 97.8 Å². The molecule has 0 aliphatic carbocycles. The Hall–Kier alpha value is -1.37. The van der Waals surface area contributed by atoms with Gasteiger partial charge in [-0.1, -0.05) is 160 Å². The lowest BCUT2D eigenvalue weighted by atomic mass is 9.99. The molecule has 294 valence electrons. The average molecular weight is 715 g/mol. The molecule has 0 aromatic carbocycles. The van der Waals surface area contributed by atoms with Gasteiger partial charge in [-0.2, -0.15) is 0 Å². The first-order valence-corrected chi connectivity index (χ1v) is 20.1. The maximum absolute atomic E-state index is 11.7. The molecule has 50 heavy (non-hydrogen) atoms. The first kappa shape index (κ1) is 46.7. The summed E-state index contributed by atoms with van der Waals surface area (Å²) in [6.07, 6.45) is 25.5. The van der Waals surface area contributed by atoms with Gasteiger partial charge in [-0.15, -0.1) is 0 Å². The highest BCUT2D eigenvalue weighted by atomic mass is 16.7. The number of unbranched alkanes of at least 4 members (excludes halogenated alkanes) is 22. The second kappa shape index (κ2) is 31.2. The molecule has 1 saturated heterocycles. The van der Waals surface area contributed by atoms with E-state index in [0.717, 1.165) is 19.3 Å². The number of aliphatic hydroxyl groups excluding tert-OH is 6. The third-order valence-electron chi connectivity index (χ3n) is 9.72. The van der Waals surface area contributed by atoms with Crippen LogP contribution in [-0.2, 0) is 14.3 Å². The number of ether oxygens (including phenoxy) is 2. The largest absolute Gasteiger partial charge is 0.478 e. The number of carboxylic acid groups (broad SMARTS) is 1. The van der Waals surface area contributed by atoms with Crippen molar-refractivity contribution in [3.05, 3.63) is 23.8 Å². The number of carbonyl (C=O) groups is 1. The number of aliphatic hydroxyl groups is 6. The lowest BCUT2D eigenvalue weighted by Gasteiger charge is -2.39. The van der Waals surface area contributed by atoms with Crippen molar-refractivity contribution >= 4 is 5.97 Å². The van der Waals surface area contributed by atoms with E-state index in [9.17, 15) is 40.5 Å². The van der Waals surface area contributed by atoms with Crippen molar-refractivity contribution in [1.82, 2.24) is 0 Å². The number of allylic oxidation sites excluding steroid dienone is 1. The van der Waals surface area contributed by atoms with E-state index < -0.39 is 55.5 Å². The molecule has 10 heteroatoms. The van der Waals surface area contributed by atoms with Gasteiger partial charge in [0.25, 0.3) is 0 Å². The van der Waals surface area contributed by atoms with Crippen molar-refractivity contribution in [3.8, 4) is 0 Å². The third-order valence-corrected chi connectivity index (χ3v) is 9.72. The number of hydrogen-bond acceptors (Lipinski definition) is 9. The molecule has 0 aromatic rings. The summed E-state index contributed by atoms with van der Waals surface area (Å²) in [5.74, 6) is -1.04. The van der Waals surface area contributed by atoms with Crippen LogP contribution in [0, 0.1) is 0 Å². The fourth-order valence-electron chi connectivity index (χ4n) is 6.47. The average Bonchev–Trinajstić information content (AvgIpc) is 3.10. The molecule has 0 saturated carbocycles. The third kappa shape index (κ3) is 23.2. The Morgan fingerprint density at radius 3 is 1.60 bits per heavy atom. The summed E-state index contributed by atoms with van der Waals surface area (Å²) in [7, 11) is 0. The van der Waals surface area contributed by atoms with E-state index in [-0.39, 0.29) is 25.0 Å². The van der Waals surface area contributed by atoms with Crippen LogP contribution in [0.2, 0.25) is 0 Å². The van der Waals surface area contributed by atoms with E-state index in [1.54, 1.807) is 6.08 Å². The summed E-state index contributed by atoms with van der Waals surface area (Å²) in [5.41, 5.74) is 0.181. The van der Waals surface area contributed by atoms with Crippen LogP contribution < -0.4 is 0 Å². The summed E-state index contributed by atoms with van der Waals surface area (Å²) in [6, 6.07) is 0. The molecule has 0 spiro atoms. The highest BCUT2D eigenvalue weighted by molar-refractivity contribution is 5.86. The van der Waals surface area contributed by atoms with Gasteiger partial charge in [0.1, 0.15) is 24.4 Å². The molecule has 7 N–H and O–H groups in total. The second-order valence-corrected chi connectivity index (χ2v) is 14.4. The maximum Gasteiger partial charge on any atom is 0.331 e. The molecule has 1 aliphatic rings. The molecule has 10 nitrogen and oxygen atoms in total. The van der Waals surface area contributed by atoms with Crippen LogP contribution in [0.25, 0.3) is 0 Å². The molecule has 1 heterocycles. The zero-order chi connectivity index (χ0) is 36.8. The molecule has 1 rings (SSSR count). The maximum atomic E-state index is 11.7. The normalized spacial score (nSPS) is 22.7. The summed E-state index contributed by atoms with van der Waals surface area (Å²) < 4.78 is 10.5. The summed E-state index contributed by atoms with van der Waals surface area (Å²) in [5, 5.41) is 68.9. The van der Waals surface area contributed by atoms with Gasteiger partial charge in [-0.05, 0) is 19.3 Å². The van der Waals surface area contributed by atoms with E-state index in [2.05, 4.69) is 6.92 Å². The topological polar surface area (TPSA) is 177 Å². The van der Waals surface area contributed by atoms with Crippen LogP contribution in [0.3, 0.4) is 0 Å². The Balaban J connectivity index is 2.03. The molecule has 1 aliphatic heterocycles. The van der Waals surface area contributed by atoms with Crippen LogP contribution in [0.5, 0.6) is 0 Å². The minimum Gasteiger partial charge on any atom is -0.478 e. The van der Waals surface area contributed by atoms with Crippen molar-refractivity contribution in [3.63, 3.8) is 0 Å². The lowest BCUT2D eigenvalue weighted by Crippen LogP contribution is -2.59. The minimum atomic E-state index is -1.58. The van der Waals surface area contributed by atoms with Gasteiger partial charge in [0, 0.05) is 12.0 Å². The fourth-order valence-corrected chi connectivity index (χ4v) is 6.47. The van der Waals surface area contributed by atoms with Gasteiger partial charge in [0.2, 0.25) is 0 Å². The first-order chi connectivity index (χ1) is 24.2. The van der Waals surface area contributed by atoms with Crippen LogP contribution in [0.1, 0.15) is 167 Å². The van der Waals surface area contributed by atoms with Crippen molar-refractivity contribution in [2.75, 3.05) is 13.2 Å². The lowest BCUT2D eigenvalue weighted by molar-refractivity contribution is -0.303. The van der Waals surface area contributed by atoms with E-state index in [1.165, 1.54) is 134 Å². The molecule has 1 fully saturated rings. The monoisotopic (exact) mass is 715 g/mol. The van der Waals surface area contributed by atoms with Gasteiger partial charge >= 0.3 is 5.97 Å². The Morgan fingerprint density at radius 1 is 0.700 bits per heavy atom. The number of aliphatic carboxylic acids is 1. The molecule has 0 amide bonds. The van der Waals surface area contributed by atoms with Crippen molar-refractivity contribution < 1.29 is 50.0 Å². The Morgan fingerprint density at radius 2 is 1.16 bits per heavy atom. The molecular formula is C40H74O10. The molecular weight excluding hydrogens is 640 g/mol. The van der Waals surface area contributed by atoms with Gasteiger partial charge < -0.3 is 45.2 Å². The van der Waals surface area contributed by atoms with Gasteiger partial charge in [0.05, 0.1) is 25.4 Å². The summed E-state index contributed by atoms with van der Waals surface area (Å²) in [4.78, 5) is 11.7. The second-order valence-electron chi connectivity index (χ2n) is 14.4. The Kier molecular flexibility index (Phi) is 29.1.